The van der Waals surface area contributed by atoms with Crippen LogP contribution in [0.4, 0.5) is 0 Å². The molecule has 0 aromatic carbocycles. The standard InChI is InChI=1S/C13H22N6O2/c1-6-8-12(21)19(7-9-15-17-18(5)16-9)10(11(20)14-8)13(2,3)4/h8,10H,6-7H2,1-5H3,(H,14,20). The van der Waals surface area contributed by atoms with Gasteiger partial charge in [-0.25, -0.2) is 0 Å². The zero-order valence-corrected chi connectivity index (χ0v) is 13.1. The molecule has 1 fully saturated rings. The van der Waals surface area contributed by atoms with Gasteiger partial charge in [-0.15, -0.1) is 10.2 Å². The fourth-order valence-corrected chi connectivity index (χ4v) is 2.63. The number of aromatic nitrogens is 4. The van der Waals surface area contributed by atoms with E-state index >= 15 is 0 Å². The number of carbonyl (C=O) groups excluding carboxylic acids is 2. The van der Waals surface area contributed by atoms with E-state index < -0.39 is 12.1 Å². The van der Waals surface area contributed by atoms with Gasteiger partial charge in [0.2, 0.25) is 11.8 Å². The first kappa shape index (κ1) is 15.4. The van der Waals surface area contributed by atoms with Crippen molar-refractivity contribution in [2.24, 2.45) is 12.5 Å². The molecule has 2 atom stereocenters. The van der Waals surface area contributed by atoms with Gasteiger partial charge in [-0.05, 0) is 17.0 Å². The molecule has 1 aliphatic rings. The van der Waals surface area contributed by atoms with Gasteiger partial charge < -0.3 is 10.2 Å². The molecule has 1 aromatic rings. The van der Waals surface area contributed by atoms with Crippen LogP contribution in [0.15, 0.2) is 0 Å². The van der Waals surface area contributed by atoms with Crippen LogP contribution in [0.5, 0.6) is 0 Å². The highest BCUT2D eigenvalue weighted by Crippen LogP contribution is 2.29. The molecule has 0 spiro atoms. The number of aryl methyl sites for hydroxylation is 1. The van der Waals surface area contributed by atoms with Gasteiger partial charge in [-0.2, -0.15) is 4.80 Å². The van der Waals surface area contributed by atoms with Crippen LogP contribution in [0.2, 0.25) is 0 Å². The number of hydrogen-bond donors (Lipinski definition) is 1. The Morgan fingerprint density at radius 3 is 2.43 bits per heavy atom. The highest BCUT2D eigenvalue weighted by atomic mass is 16.2. The van der Waals surface area contributed by atoms with Gasteiger partial charge in [0, 0.05) is 0 Å². The van der Waals surface area contributed by atoms with E-state index in [4.69, 9.17) is 0 Å². The Hall–Kier alpha value is -1.99. The molecule has 0 bridgehead atoms. The summed E-state index contributed by atoms with van der Waals surface area (Å²) in [6, 6.07) is -1.02. The Labute approximate surface area is 123 Å². The molecule has 2 rings (SSSR count). The molecule has 0 aliphatic carbocycles. The minimum Gasteiger partial charge on any atom is -0.342 e. The van der Waals surface area contributed by atoms with Gasteiger partial charge in [0.25, 0.3) is 0 Å². The molecule has 1 aromatic heterocycles. The summed E-state index contributed by atoms with van der Waals surface area (Å²) < 4.78 is 0. The number of tetrazole rings is 1. The van der Waals surface area contributed by atoms with Crippen LogP contribution in [0.1, 0.15) is 39.9 Å². The summed E-state index contributed by atoms with van der Waals surface area (Å²) in [5, 5.41) is 14.6. The summed E-state index contributed by atoms with van der Waals surface area (Å²) in [6.07, 6.45) is 0.561. The molecule has 1 saturated heterocycles. The molecule has 0 radical (unpaired) electrons. The summed E-state index contributed by atoms with van der Waals surface area (Å²) in [4.78, 5) is 27.9. The topological polar surface area (TPSA) is 93.0 Å². The van der Waals surface area contributed by atoms with E-state index in [1.54, 1.807) is 11.9 Å². The van der Waals surface area contributed by atoms with Gasteiger partial charge in [0.15, 0.2) is 5.82 Å². The number of hydrogen-bond acceptors (Lipinski definition) is 5. The summed E-state index contributed by atoms with van der Waals surface area (Å²) >= 11 is 0. The first-order valence-corrected chi connectivity index (χ1v) is 7.07. The molecule has 1 aliphatic heterocycles. The average Bonchev–Trinajstić information content (AvgIpc) is 2.77. The average molecular weight is 294 g/mol. The fourth-order valence-electron chi connectivity index (χ4n) is 2.63. The maximum absolute atomic E-state index is 12.6. The van der Waals surface area contributed by atoms with Gasteiger partial charge >= 0.3 is 0 Å². The van der Waals surface area contributed by atoms with Crippen LogP contribution >= 0.6 is 0 Å². The minimum absolute atomic E-state index is 0.0931. The second-order valence-electron chi connectivity index (χ2n) is 6.40. The number of amides is 2. The molecule has 2 amide bonds. The van der Waals surface area contributed by atoms with Crippen LogP contribution < -0.4 is 5.32 Å². The van der Waals surface area contributed by atoms with Crippen molar-refractivity contribution in [2.45, 2.75) is 52.7 Å². The van der Waals surface area contributed by atoms with E-state index in [-0.39, 0.29) is 23.8 Å². The van der Waals surface area contributed by atoms with Gasteiger partial charge in [-0.1, -0.05) is 27.7 Å². The molecule has 1 N–H and O–H groups in total. The lowest BCUT2D eigenvalue weighted by atomic mass is 9.83. The third-order valence-electron chi connectivity index (χ3n) is 3.55. The van der Waals surface area contributed by atoms with E-state index in [0.717, 1.165) is 0 Å². The van der Waals surface area contributed by atoms with Crippen molar-refractivity contribution < 1.29 is 9.59 Å². The van der Waals surface area contributed by atoms with Crippen LogP contribution in [0, 0.1) is 5.41 Å². The van der Waals surface area contributed by atoms with E-state index in [1.165, 1.54) is 4.80 Å². The highest BCUT2D eigenvalue weighted by molar-refractivity contribution is 5.97. The van der Waals surface area contributed by atoms with Gasteiger partial charge in [-0.3, -0.25) is 9.59 Å². The van der Waals surface area contributed by atoms with Crippen molar-refractivity contribution in [3.8, 4) is 0 Å². The Morgan fingerprint density at radius 1 is 1.29 bits per heavy atom. The van der Waals surface area contributed by atoms with Gasteiger partial charge in [0.1, 0.15) is 12.1 Å². The monoisotopic (exact) mass is 294 g/mol. The van der Waals surface area contributed by atoms with Crippen molar-refractivity contribution in [2.75, 3.05) is 0 Å². The molecule has 116 valence electrons. The number of carbonyl (C=O) groups is 2. The molecular formula is C13H22N6O2. The van der Waals surface area contributed by atoms with Crippen LogP contribution in [-0.2, 0) is 23.2 Å². The van der Waals surface area contributed by atoms with Gasteiger partial charge in [0.05, 0.1) is 13.6 Å². The molecule has 0 saturated carbocycles. The number of nitrogens with one attached hydrogen (secondary N) is 1. The molecule has 21 heavy (non-hydrogen) atoms. The van der Waals surface area contributed by atoms with Crippen molar-refractivity contribution in [3.05, 3.63) is 5.82 Å². The first-order valence-electron chi connectivity index (χ1n) is 7.07. The Balaban J connectivity index is 2.33. The normalized spacial score (nSPS) is 23.4. The van der Waals surface area contributed by atoms with Crippen LogP contribution in [0.3, 0.4) is 0 Å². The second kappa shape index (κ2) is 5.42. The predicted octanol–water partition coefficient (Wildman–Crippen LogP) is -0.138. The third-order valence-corrected chi connectivity index (χ3v) is 3.55. The highest BCUT2D eigenvalue weighted by Gasteiger charge is 2.45. The first-order chi connectivity index (χ1) is 9.74. The van der Waals surface area contributed by atoms with Crippen LogP contribution in [0.25, 0.3) is 0 Å². The molecule has 8 nitrogen and oxygen atoms in total. The fraction of sp³-hybridized carbons (Fsp3) is 0.769. The minimum atomic E-state index is -0.545. The smallest absolute Gasteiger partial charge is 0.246 e. The lowest BCUT2D eigenvalue weighted by Gasteiger charge is -2.44. The largest absolute Gasteiger partial charge is 0.342 e. The summed E-state index contributed by atoms with van der Waals surface area (Å²) in [7, 11) is 1.66. The molecule has 2 heterocycles. The van der Waals surface area contributed by atoms with E-state index in [1.807, 2.05) is 27.7 Å². The number of nitrogens with zero attached hydrogens (tertiary/aromatic N) is 5. The number of rotatable bonds is 3. The lowest BCUT2D eigenvalue weighted by molar-refractivity contribution is -0.154. The number of piperazine rings is 1. The summed E-state index contributed by atoms with van der Waals surface area (Å²) in [6.45, 7) is 7.88. The second-order valence-corrected chi connectivity index (χ2v) is 6.40. The quantitative estimate of drug-likeness (QED) is 0.837. The molecular weight excluding hydrogens is 272 g/mol. The van der Waals surface area contributed by atoms with E-state index in [2.05, 4.69) is 20.7 Å². The maximum atomic E-state index is 12.6. The predicted molar refractivity (Wildman–Crippen MR) is 74.8 cm³/mol. The van der Waals surface area contributed by atoms with Crippen molar-refractivity contribution in [1.29, 1.82) is 0 Å². The Bertz CT molecular complexity index is 547. The SMILES string of the molecule is CCC1NC(=O)C(C(C)(C)C)N(Cc2nnn(C)n2)C1=O. The van der Waals surface area contributed by atoms with Crippen molar-refractivity contribution in [1.82, 2.24) is 30.4 Å². The third kappa shape index (κ3) is 3.03. The Kier molecular flexibility index (Phi) is 3.97. The lowest BCUT2D eigenvalue weighted by Crippen LogP contribution is -2.66. The van der Waals surface area contributed by atoms with E-state index in [9.17, 15) is 9.59 Å². The van der Waals surface area contributed by atoms with Crippen molar-refractivity contribution >= 4 is 11.8 Å². The maximum Gasteiger partial charge on any atom is 0.246 e. The zero-order chi connectivity index (χ0) is 15.8. The molecule has 2 unspecified atom stereocenters. The summed E-state index contributed by atoms with van der Waals surface area (Å²) in [5.74, 6) is 0.215. The summed E-state index contributed by atoms with van der Waals surface area (Å²) in [5.41, 5.74) is -0.374. The zero-order valence-electron chi connectivity index (χ0n) is 13.1. The van der Waals surface area contributed by atoms with Crippen LogP contribution in [-0.4, -0.2) is 49.0 Å². The Morgan fingerprint density at radius 2 is 1.95 bits per heavy atom. The molecule has 8 heteroatoms. The van der Waals surface area contributed by atoms with E-state index in [0.29, 0.717) is 12.2 Å². The van der Waals surface area contributed by atoms with Crippen molar-refractivity contribution in [3.63, 3.8) is 0 Å².